The summed E-state index contributed by atoms with van der Waals surface area (Å²) in [5.41, 5.74) is -1.45. The molecule has 0 aliphatic heterocycles. The fourth-order valence-corrected chi connectivity index (χ4v) is 1.88. The fourth-order valence-electron chi connectivity index (χ4n) is 1.88. The number of hydrogen-bond acceptors (Lipinski definition) is 2. The Kier molecular flexibility index (Phi) is 4.06. The van der Waals surface area contributed by atoms with Crippen LogP contribution in [0.4, 0.5) is 22.0 Å². The predicted molar refractivity (Wildman–Crippen MR) is 62.2 cm³/mol. The van der Waals surface area contributed by atoms with E-state index >= 15 is 0 Å². The van der Waals surface area contributed by atoms with Crippen LogP contribution >= 0.6 is 0 Å². The monoisotopic (exact) mass is 304 g/mol. The van der Waals surface area contributed by atoms with E-state index in [0.717, 1.165) is 0 Å². The van der Waals surface area contributed by atoms with Gasteiger partial charge in [-0.1, -0.05) is 0 Å². The highest BCUT2D eigenvalue weighted by Crippen LogP contribution is 2.24. The molecular formula is C13H9F5N2O. The lowest BCUT2D eigenvalue weighted by Crippen LogP contribution is -2.16. The lowest BCUT2D eigenvalue weighted by atomic mass is 10.1. The van der Waals surface area contributed by atoms with E-state index in [1.165, 1.54) is 17.0 Å². The van der Waals surface area contributed by atoms with Crippen LogP contribution in [0.3, 0.4) is 0 Å². The van der Waals surface area contributed by atoms with Crippen molar-refractivity contribution in [2.75, 3.05) is 0 Å². The highest BCUT2D eigenvalue weighted by Gasteiger charge is 2.30. The minimum Gasteiger partial charge on any atom is -0.335 e. The smallest absolute Gasteiger partial charge is 0.200 e. The molecule has 0 aliphatic carbocycles. The molecule has 8 heteroatoms. The second kappa shape index (κ2) is 5.63. The van der Waals surface area contributed by atoms with Crippen molar-refractivity contribution in [1.29, 1.82) is 0 Å². The van der Waals surface area contributed by atoms with E-state index in [2.05, 4.69) is 4.98 Å². The molecule has 0 spiro atoms. The number of benzene rings is 1. The molecule has 0 bridgehead atoms. The molecule has 2 aromatic rings. The van der Waals surface area contributed by atoms with Gasteiger partial charge in [0.1, 0.15) is 5.82 Å². The van der Waals surface area contributed by atoms with Gasteiger partial charge in [0.05, 0.1) is 12.0 Å². The van der Waals surface area contributed by atoms with E-state index < -0.39 is 46.9 Å². The minimum atomic E-state index is -2.29. The molecule has 1 heterocycles. The Bertz CT molecular complexity index is 682. The normalized spacial score (nSPS) is 11.0. The lowest BCUT2D eigenvalue weighted by molar-refractivity contribution is 0.0978. The largest absolute Gasteiger partial charge is 0.335 e. The van der Waals surface area contributed by atoms with E-state index in [1.54, 1.807) is 6.92 Å². The first kappa shape index (κ1) is 15.1. The predicted octanol–water partition coefficient (Wildman–Crippen LogP) is 3.02. The van der Waals surface area contributed by atoms with Gasteiger partial charge in [0.2, 0.25) is 5.82 Å². The van der Waals surface area contributed by atoms with Crippen molar-refractivity contribution in [2.24, 2.45) is 0 Å². The molecule has 0 amide bonds. The number of hydrogen-bond donors (Lipinski definition) is 0. The van der Waals surface area contributed by atoms with E-state index in [4.69, 9.17) is 0 Å². The molecule has 1 aromatic carbocycles. The average Bonchev–Trinajstić information content (AvgIpc) is 2.90. The standard InChI is InChI=1S/C13H9F5N2O/c1-2-20-4-3-19-7(20)5-6(21)8-9(14)11(16)13(18)12(17)10(8)15/h3-4H,2,5H2,1H3. The van der Waals surface area contributed by atoms with Gasteiger partial charge in [0.15, 0.2) is 29.1 Å². The van der Waals surface area contributed by atoms with Gasteiger partial charge in [-0.15, -0.1) is 0 Å². The highest BCUT2D eigenvalue weighted by atomic mass is 19.2. The maximum absolute atomic E-state index is 13.5. The van der Waals surface area contributed by atoms with E-state index in [1.807, 2.05) is 0 Å². The van der Waals surface area contributed by atoms with Crippen molar-refractivity contribution in [3.8, 4) is 0 Å². The number of nitrogens with zero attached hydrogens (tertiary/aromatic N) is 2. The molecule has 21 heavy (non-hydrogen) atoms. The Morgan fingerprint density at radius 2 is 1.57 bits per heavy atom. The van der Waals surface area contributed by atoms with Gasteiger partial charge in [-0.2, -0.15) is 0 Å². The zero-order valence-corrected chi connectivity index (χ0v) is 10.8. The summed E-state index contributed by atoms with van der Waals surface area (Å²) >= 11 is 0. The quantitative estimate of drug-likeness (QED) is 0.377. The Morgan fingerprint density at radius 3 is 2.10 bits per heavy atom. The van der Waals surface area contributed by atoms with Gasteiger partial charge in [-0.25, -0.2) is 26.9 Å². The summed E-state index contributed by atoms with van der Waals surface area (Å²) in [5.74, 6) is -11.9. The van der Waals surface area contributed by atoms with E-state index in [9.17, 15) is 26.7 Å². The summed E-state index contributed by atoms with van der Waals surface area (Å²) in [6, 6.07) is 0. The first-order valence-electron chi connectivity index (χ1n) is 5.93. The Balaban J connectivity index is 2.45. The van der Waals surface area contributed by atoms with Crippen molar-refractivity contribution >= 4 is 5.78 Å². The Labute approximate surface area is 116 Å². The number of carbonyl (C=O) groups is 1. The van der Waals surface area contributed by atoms with Gasteiger partial charge in [0.25, 0.3) is 0 Å². The third-order valence-electron chi connectivity index (χ3n) is 2.95. The van der Waals surface area contributed by atoms with Crippen molar-refractivity contribution in [1.82, 2.24) is 9.55 Å². The SMILES string of the molecule is CCn1ccnc1CC(=O)c1c(F)c(F)c(F)c(F)c1F. The second-order valence-corrected chi connectivity index (χ2v) is 4.17. The van der Waals surface area contributed by atoms with Crippen LogP contribution < -0.4 is 0 Å². The number of halogens is 5. The maximum Gasteiger partial charge on any atom is 0.200 e. The molecule has 0 fully saturated rings. The number of imidazole rings is 1. The number of ketones is 1. The molecule has 0 N–H and O–H groups in total. The molecule has 3 nitrogen and oxygen atoms in total. The maximum atomic E-state index is 13.5. The molecule has 0 aliphatic rings. The Hall–Kier alpha value is -2.25. The van der Waals surface area contributed by atoms with Crippen LogP contribution in [0.15, 0.2) is 12.4 Å². The number of aryl methyl sites for hydroxylation is 1. The van der Waals surface area contributed by atoms with Crippen LogP contribution in [0.5, 0.6) is 0 Å². The minimum absolute atomic E-state index is 0.173. The van der Waals surface area contributed by atoms with Crippen LogP contribution in [0, 0.1) is 29.1 Å². The molecule has 2 rings (SSSR count). The highest BCUT2D eigenvalue weighted by molar-refractivity contribution is 5.97. The van der Waals surface area contributed by atoms with E-state index in [0.29, 0.717) is 6.54 Å². The van der Waals surface area contributed by atoms with Gasteiger partial charge in [0, 0.05) is 18.9 Å². The summed E-state index contributed by atoms with van der Waals surface area (Å²) in [6.45, 7) is 2.19. The number of aromatic nitrogens is 2. The lowest BCUT2D eigenvalue weighted by Gasteiger charge is -2.08. The number of rotatable bonds is 4. The summed E-state index contributed by atoms with van der Waals surface area (Å²) in [4.78, 5) is 15.7. The summed E-state index contributed by atoms with van der Waals surface area (Å²) < 4.78 is 67.5. The van der Waals surface area contributed by atoms with Crippen molar-refractivity contribution in [3.05, 3.63) is 52.9 Å². The van der Waals surface area contributed by atoms with Crippen molar-refractivity contribution in [3.63, 3.8) is 0 Å². The topological polar surface area (TPSA) is 34.9 Å². The number of carbonyl (C=O) groups excluding carboxylic acids is 1. The third kappa shape index (κ3) is 2.53. The second-order valence-electron chi connectivity index (χ2n) is 4.17. The summed E-state index contributed by atoms with van der Waals surface area (Å²) in [7, 11) is 0. The molecular weight excluding hydrogens is 295 g/mol. The molecule has 0 atom stereocenters. The molecule has 0 saturated carbocycles. The van der Waals surface area contributed by atoms with Crippen LogP contribution in [0.25, 0.3) is 0 Å². The number of Topliss-reactive ketones (excluding diaryl/α,β-unsaturated/α-hetero) is 1. The molecule has 0 unspecified atom stereocenters. The zero-order valence-electron chi connectivity index (χ0n) is 10.8. The van der Waals surface area contributed by atoms with Crippen molar-refractivity contribution < 1.29 is 26.7 Å². The molecule has 0 saturated heterocycles. The van der Waals surface area contributed by atoms with Gasteiger partial charge >= 0.3 is 0 Å². The third-order valence-corrected chi connectivity index (χ3v) is 2.95. The molecule has 0 radical (unpaired) electrons. The average molecular weight is 304 g/mol. The van der Waals surface area contributed by atoms with Crippen LogP contribution in [-0.4, -0.2) is 15.3 Å². The van der Waals surface area contributed by atoms with E-state index in [-0.39, 0.29) is 5.82 Å². The van der Waals surface area contributed by atoms with Crippen LogP contribution in [0.1, 0.15) is 23.1 Å². The zero-order chi connectivity index (χ0) is 15.7. The Morgan fingerprint density at radius 1 is 1.05 bits per heavy atom. The summed E-state index contributed by atoms with van der Waals surface area (Å²) in [5, 5.41) is 0. The van der Waals surface area contributed by atoms with Crippen LogP contribution in [0.2, 0.25) is 0 Å². The van der Waals surface area contributed by atoms with Crippen molar-refractivity contribution in [2.45, 2.75) is 19.9 Å². The fraction of sp³-hybridized carbons (Fsp3) is 0.231. The first-order chi connectivity index (χ1) is 9.88. The first-order valence-corrected chi connectivity index (χ1v) is 5.93. The summed E-state index contributed by atoms with van der Waals surface area (Å²) in [6.07, 6.45) is 2.32. The molecule has 1 aromatic heterocycles. The van der Waals surface area contributed by atoms with Crippen LogP contribution in [-0.2, 0) is 13.0 Å². The van der Waals surface area contributed by atoms with Gasteiger partial charge < -0.3 is 4.57 Å². The molecule has 112 valence electrons. The van der Waals surface area contributed by atoms with Gasteiger partial charge in [-0.05, 0) is 6.92 Å². The van der Waals surface area contributed by atoms with Gasteiger partial charge in [-0.3, -0.25) is 4.79 Å².